The second kappa shape index (κ2) is 4.79. The minimum Gasteiger partial charge on any atom is -0.444 e. The molecule has 0 aliphatic carbocycles. The first-order valence-electron chi connectivity index (χ1n) is 5.15. The minimum atomic E-state index is 0.371. The molecule has 0 unspecified atom stereocenters. The number of nitrogens with two attached hydrogens (primary N) is 1. The summed E-state index contributed by atoms with van der Waals surface area (Å²) in [5, 5.41) is 3.09. The van der Waals surface area contributed by atoms with E-state index >= 15 is 0 Å². The monoisotopic (exact) mass is 234 g/mol. The van der Waals surface area contributed by atoms with E-state index in [-0.39, 0.29) is 0 Å². The number of nitrogens with zero attached hydrogens (tertiary/aromatic N) is 3. The Balaban J connectivity index is 2.05. The van der Waals surface area contributed by atoms with Crippen LogP contribution in [0.15, 0.2) is 16.7 Å². The van der Waals surface area contributed by atoms with E-state index in [0.717, 1.165) is 11.5 Å². The van der Waals surface area contributed by atoms with E-state index in [1.54, 1.807) is 6.20 Å². The molecule has 0 saturated carbocycles. The number of aromatic nitrogens is 3. The van der Waals surface area contributed by atoms with Gasteiger partial charge in [-0.25, -0.2) is 15.8 Å². The molecule has 7 nitrogen and oxygen atoms in total. The Morgan fingerprint density at radius 1 is 1.35 bits per heavy atom. The van der Waals surface area contributed by atoms with Crippen molar-refractivity contribution in [2.75, 3.05) is 10.7 Å². The fourth-order valence-electron chi connectivity index (χ4n) is 1.37. The zero-order valence-corrected chi connectivity index (χ0v) is 9.69. The van der Waals surface area contributed by atoms with Gasteiger partial charge in [0.25, 0.3) is 0 Å². The van der Waals surface area contributed by atoms with Crippen LogP contribution in [0.4, 0.5) is 11.8 Å². The quantitative estimate of drug-likeness (QED) is 0.535. The summed E-state index contributed by atoms with van der Waals surface area (Å²) in [6.07, 6.45) is 1.68. The molecule has 90 valence electrons. The lowest BCUT2D eigenvalue weighted by atomic mass is 10.4. The van der Waals surface area contributed by atoms with Gasteiger partial charge in [-0.05, 0) is 13.8 Å². The van der Waals surface area contributed by atoms with Gasteiger partial charge < -0.3 is 9.73 Å². The topological polar surface area (TPSA) is 102 Å². The lowest BCUT2D eigenvalue weighted by molar-refractivity contribution is 0.479. The molecule has 0 fully saturated rings. The zero-order chi connectivity index (χ0) is 12.3. The maximum atomic E-state index is 5.33. The molecule has 0 atom stereocenters. The number of aryl methyl sites for hydroxylation is 2. The molecule has 4 N–H and O–H groups in total. The van der Waals surface area contributed by atoms with Crippen molar-refractivity contribution in [3.05, 3.63) is 29.6 Å². The van der Waals surface area contributed by atoms with Crippen molar-refractivity contribution in [1.82, 2.24) is 15.0 Å². The first-order valence-corrected chi connectivity index (χ1v) is 5.15. The van der Waals surface area contributed by atoms with Crippen molar-refractivity contribution < 1.29 is 4.42 Å². The highest BCUT2D eigenvalue weighted by atomic mass is 16.4. The van der Waals surface area contributed by atoms with Crippen LogP contribution in [-0.4, -0.2) is 15.0 Å². The highest BCUT2D eigenvalue weighted by molar-refractivity contribution is 5.41. The number of nitrogen functional groups attached to an aromatic ring is 1. The van der Waals surface area contributed by atoms with E-state index in [1.807, 2.05) is 19.9 Å². The van der Waals surface area contributed by atoms with E-state index in [2.05, 4.69) is 25.7 Å². The average Bonchev–Trinajstić information content (AvgIpc) is 2.72. The van der Waals surface area contributed by atoms with Gasteiger partial charge in [0, 0.05) is 11.8 Å². The Hall–Kier alpha value is -2.15. The Morgan fingerprint density at radius 3 is 2.82 bits per heavy atom. The molecule has 0 aromatic carbocycles. The standard InChI is InChI=1S/C10H14N6O/c1-6-3-8(15-10(14-6)16-11)12-5-9-13-4-7(2)17-9/h3-4H,5,11H2,1-2H3,(H2,12,14,15,16). The zero-order valence-electron chi connectivity index (χ0n) is 9.69. The third-order valence-electron chi connectivity index (χ3n) is 2.07. The minimum absolute atomic E-state index is 0.371. The Bertz CT molecular complexity index is 509. The van der Waals surface area contributed by atoms with Crippen LogP contribution in [0.1, 0.15) is 17.3 Å². The molecule has 0 saturated heterocycles. The number of nitrogens with one attached hydrogen (secondary N) is 2. The van der Waals surface area contributed by atoms with Gasteiger partial charge in [-0.1, -0.05) is 0 Å². The van der Waals surface area contributed by atoms with E-state index in [9.17, 15) is 0 Å². The third-order valence-corrected chi connectivity index (χ3v) is 2.07. The highest BCUT2D eigenvalue weighted by Crippen LogP contribution is 2.10. The molecule has 0 bridgehead atoms. The predicted molar refractivity (Wildman–Crippen MR) is 63.1 cm³/mol. The lowest BCUT2D eigenvalue weighted by Crippen LogP contribution is -2.12. The van der Waals surface area contributed by atoms with Crippen molar-refractivity contribution >= 4 is 11.8 Å². The normalized spacial score (nSPS) is 10.3. The Labute approximate surface area is 98.4 Å². The smallest absolute Gasteiger partial charge is 0.239 e. The fourth-order valence-corrected chi connectivity index (χ4v) is 1.37. The van der Waals surface area contributed by atoms with Crippen molar-refractivity contribution in [2.45, 2.75) is 20.4 Å². The van der Waals surface area contributed by atoms with Gasteiger partial charge >= 0.3 is 0 Å². The first kappa shape index (κ1) is 11.3. The van der Waals surface area contributed by atoms with Gasteiger partial charge in [0.2, 0.25) is 11.8 Å². The van der Waals surface area contributed by atoms with Crippen molar-refractivity contribution in [3.63, 3.8) is 0 Å². The van der Waals surface area contributed by atoms with E-state index in [0.29, 0.717) is 24.2 Å². The summed E-state index contributed by atoms with van der Waals surface area (Å²) in [7, 11) is 0. The largest absolute Gasteiger partial charge is 0.444 e. The van der Waals surface area contributed by atoms with Gasteiger partial charge in [-0.2, -0.15) is 4.98 Å². The molecule has 0 aliphatic rings. The van der Waals surface area contributed by atoms with Gasteiger partial charge in [0.15, 0.2) is 0 Å². The second-order valence-electron chi connectivity index (χ2n) is 3.58. The number of hydrogen-bond donors (Lipinski definition) is 3. The van der Waals surface area contributed by atoms with E-state index in [4.69, 9.17) is 10.3 Å². The number of hydrazine groups is 1. The highest BCUT2D eigenvalue weighted by Gasteiger charge is 2.03. The Kier molecular flexibility index (Phi) is 3.20. The molecule has 2 rings (SSSR count). The van der Waals surface area contributed by atoms with Crippen molar-refractivity contribution in [3.8, 4) is 0 Å². The van der Waals surface area contributed by atoms with Crippen LogP contribution in [0, 0.1) is 13.8 Å². The molecule has 0 aliphatic heterocycles. The van der Waals surface area contributed by atoms with Crippen LogP contribution >= 0.6 is 0 Å². The molecule has 0 spiro atoms. The van der Waals surface area contributed by atoms with Crippen LogP contribution in [0.2, 0.25) is 0 Å². The lowest BCUT2D eigenvalue weighted by Gasteiger charge is -2.06. The summed E-state index contributed by atoms with van der Waals surface area (Å²) in [6.45, 7) is 4.18. The molecule has 2 heterocycles. The number of anilines is 2. The maximum Gasteiger partial charge on any atom is 0.239 e. The maximum absolute atomic E-state index is 5.33. The van der Waals surface area contributed by atoms with Crippen molar-refractivity contribution in [1.29, 1.82) is 0 Å². The average molecular weight is 234 g/mol. The summed E-state index contributed by atoms with van der Waals surface area (Å²) in [5.41, 5.74) is 3.23. The van der Waals surface area contributed by atoms with Crippen LogP contribution in [0.5, 0.6) is 0 Å². The SMILES string of the molecule is Cc1cc(NCc2ncc(C)o2)nc(NN)n1. The molecule has 2 aromatic heterocycles. The van der Waals surface area contributed by atoms with Crippen LogP contribution in [0.25, 0.3) is 0 Å². The summed E-state index contributed by atoms with van der Waals surface area (Å²) in [5.74, 6) is 7.70. The Morgan fingerprint density at radius 2 is 2.18 bits per heavy atom. The van der Waals surface area contributed by atoms with E-state index < -0.39 is 0 Å². The molecule has 17 heavy (non-hydrogen) atoms. The fraction of sp³-hybridized carbons (Fsp3) is 0.300. The number of hydrogen-bond acceptors (Lipinski definition) is 7. The molecule has 0 radical (unpaired) electrons. The summed E-state index contributed by atoms with van der Waals surface area (Å²) in [6, 6.07) is 1.82. The summed E-state index contributed by atoms with van der Waals surface area (Å²) in [4.78, 5) is 12.3. The molecular formula is C10H14N6O. The van der Waals surface area contributed by atoms with Crippen LogP contribution in [-0.2, 0) is 6.54 Å². The summed E-state index contributed by atoms with van der Waals surface area (Å²) < 4.78 is 5.33. The molecule has 2 aromatic rings. The summed E-state index contributed by atoms with van der Waals surface area (Å²) >= 11 is 0. The first-order chi connectivity index (χ1) is 8.17. The van der Waals surface area contributed by atoms with Gasteiger partial charge in [0.1, 0.15) is 11.6 Å². The second-order valence-corrected chi connectivity index (χ2v) is 3.58. The number of oxazole rings is 1. The van der Waals surface area contributed by atoms with Gasteiger partial charge in [0.05, 0.1) is 12.7 Å². The number of rotatable bonds is 4. The molecular weight excluding hydrogens is 220 g/mol. The van der Waals surface area contributed by atoms with Gasteiger partial charge in [-0.15, -0.1) is 0 Å². The van der Waals surface area contributed by atoms with Gasteiger partial charge in [-0.3, -0.25) is 5.43 Å². The molecule has 0 amide bonds. The van der Waals surface area contributed by atoms with E-state index in [1.165, 1.54) is 0 Å². The third kappa shape index (κ3) is 2.91. The molecule has 7 heteroatoms. The van der Waals surface area contributed by atoms with Crippen molar-refractivity contribution in [2.24, 2.45) is 5.84 Å². The van der Waals surface area contributed by atoms with Crippen LogP contribution in [0.3, 0.4) is 0 Å². The predicted octanol–water partition coefficient (Wildman–Crippen LogP) is 0.979. The van der Waals surface area contributed by atoms with Crippen LogP contribution < -0.4 is 16.6 Å².